The average Bonchev–Trinajstić information content (AvgIpc) is 3.63. The van der Waals surface area contributed by atoms with Crippen LogP contribution in [0.3, 0.4) is 0 Å². The summed E-state index contributed by atoms with van der Waals surface area (Å²) < 4.78 is 19.9. The van der Waals surface area contributed by atoms with Crippen molar-refractivity contribution in [3.63, 3.8) is 0 Å². The fraction of sp³-hybridized carbons (Fsp3) is 0.250. The number of carboxylic acid groups (broad SMARTS) is 1. The number of hydrogen-bond acceptors (Lipinski definition) is 6. The predicted molar refractivity (Wildman–Crippen MR) is 172 cm³/mol. The number of phenols is 1. The van der Waals surface area contributed by atoms with E-state index in [0.29, 0.717) is 40.6 Å². The number of likely N-dealkylation sites (tertiary alicyclic amines) is 1. The van der Waals surface area contributed by atoms with Crippen LogP contribution in [0.5, 0.6) is 11.5 Å². The van der Waals surface area contributed by atoms with Crippen LogP contribution in [0.4, 0.5) is 4.39 Å². The molecule has 1 amide bonds. The van der Waals surface area contributed by atoms with Crippen molar-refractivity contribution < 1.29 is 28.9 Å². The normalized spacial score (nSPS) is 15.7. The van der Waals surface area contributed by atoms with Crippen molar-refractivity contribution >= 4 is 23.4 Å². The first kappa shape index (κ1) is 30.8. The lowest BCUT2D eigenvalue weighted by Crippen LogP contribution is -2.31. The summed E-state index contributed by atoms with van der Waals surface area (Å²) >= 11 is 0. The van der Waals surface area contributed by atoms with Gasteiger partial charge in [-0.15, -0.1) is 0 Å². The molecule has 4 aromatic carbocycles. The molecule has 1 saturated heterocycles. The van der Waals surface area contributed by atoms with E-state index >= 15 is 0 Å². The number of H-pyrrole nitrogens is 1. The zero-order valence-electron chi connectivity index (χ0n) is 25.6. The largest absolute Gasteiger partial charge is 0.508 e. The fourth-order valence-corrected chi connectivity index (χ4v) is 6.47. The number of halogens is 1. The van der Waals surface area contributed by atoms with E-state index in [1.54, 1.807) is 18.1 Å². The van der Waals surface area contributed by atoms with Gasteiger partial charge in [0.15, 0.2) is 0 Å². The highest BCUT2D eigenvalue weighted by molar-refractivity contribution is 6.00. The minimum Gasteiger partial charge on any atom is -0.508 e. The van der Waals surface area contributed by atoms with Gasteiger partial charge in [-0.2, -0.15) is 0 Å². The molecule has 3 heterocycles. The minimum absolute atomic E-state index is 0.112. The van der Waals surface area contributed by atoms with E-state index in [2.05, 4.69) is 41.2 Å². The first-order valence-corrected chi connectivity index (χ1v) is 15.1. The van der Waals surface area contributed by atoms with Gasteiger partial charge in [0.25, 0.3) is 12.4 Å². The van der Waals surface area contributed by atoms with Crippen molar-refractivity contribution in [2.45, 2.75) is 31.3 Å². The molecule has 0 saturated carbocycles. The maximum absolute atomic E-state index is 14.5. The lowest BCUT2D eigenvalue weighted by molar-refractivity contribution is -0.122. The summed E-state index contributed by atoms with van der Waals surface area (Å²) in [5, 5.41) is 17.7. The van der Waals surface area contributed by atoms with Gasteiger partial charge in [-0.1, -0.05) is 36.4 Å². The Bertz CT molecular complexity index is 1880. The Balaban J connectivity index is 0.00000119. The number of aromatic amines is 1. The van der Waals surface area contributed by atoms with Gasteiger partial charge in [0.2, 0.25) is 0 Å². The number of hydrogen-bond donors (Lipinski definition) is 3. The maximum Gasteiger partial charge on any atom is 0.290 e. The van der Waals surface area contributed by atoms with Crippen molar-refractivity contribution in [1.82, 2.24) is 19.8 Å². The highest BCUT2D eigenvalue weighted by atomic mass is 19.1. The first-order chi connectivity index (χ1) is 22.3. The second-order valence-electron chi connectivity index (χ2n) is 11.7. The van der Waals surface area contributed by atoms with E-state index in [1.165, 1.54) is 36.6 Å². The van der Waals surface area contributed by atoms with Crippen LogP contribution in [0, 0.1) is 5.82 Å². The molecular weight excluding hydrogens is 587 g/mol. The van der Waals surface area contributed by atoms with Crippen molar-refractivity contribution in [1.29, 1.82) is 0 Å². The number of ether oxygens (including phenoxy) is 1. The minimum atomic E-state index is -0.841. The topological polar surface area (TPSA) is 119 Å². The molecule has 7 rings (SSSR count). The molecule has 0 aliphatic carbocycles. The molecule has 1 aromatic heterocycles. The number of methoxy groups -OCH3 is 1. The van der Waals surface area contributed by atoms with Gasteiger partial charge in [-0.25, -0.2) is 9.37 Å². The number of rotatable bonds is 6. The Labute approximate surface area is 265 Å². The summed E-state index contributed by atoms with van der Waals surface area (Å²) in [4.78, 5) is 34.5. The van der Waals surface area contributed by atoms with Crippen LogP contribution in [0.2, 0.25) is 0 Å². The van der Waals surface area contributed by atoms with Crippen LogP contribution < -0.4 is 4.74 Å². The summed E-state index contributed by atoms with van der Waals surface area (Å²) in [6.07, 6.45) is 2.33. The highest BCUT2D eigenvalue weighted by Gasteiger charge is 2.37. The van der Waals surface area contributed by atoms with Crippen LogP contribution in [-0.2, 0) is 11.3 Å². The van der Waals surface area contributed by atoms with Crippen LogP contribution in [0.15, 0.2) is 78.9 Å². The van der Waals surface area contributed by atoms with E-state index < -0.39 is 11.9 Å². The third-order valence-corrected chi connectivity index (χ3v) is 8.94. The number of piperidine rings is 1. The summed E-state index contributed by atoms with van der Waals surface area (Å²) in [7, 11) is 3.76. The molecule has 1 unspecified atom stereocenters. The number of carbonyl (C=O) groups excluding carboxylic acids is 1. The number of imidazole rings is 1. The zero-order valence-corrected chi connectivity index (χ0v) is 25.6. The monoisotopic (exact) mass is 622 g/mol. The predicted octanol–water partition coefficient (Wildman–Crippen LogP) is 6.34. The van der Waals surface area contributed by atoms with Crippen molar-refractivity contribution in [3.8, 4) is 22.6 Å². The molecule has 10 heteroatoms. The molecule has 236 valence electrons. The Hall–Kier alpha value is -5.22. The van der Waals surface area contributed by atoms with Gasteiger partial charge >= 0.3 is 0 Å². The summed E-state index contributed by atoms with van der Waals surface area (Å²) in [5.74, 6) is 0.839. The van der Waals surface area contributed by atoms with Crippen molar-refractivity contribution in [3.05, 3.63) is 113 Å². The number of nitrogens with one attached hydrogen (secondary N) is 1. The Kier molecular flexibility index (Phi) is 8.72. The summed E-state index contributed by atoms with van der Waals surface area (Å²) in [6.45, 7) is 2.28. The average molecular weight is 623 g/mol. The molecule has 3 N–H and O–H groups in total. The lowest BCUT2D eigenvalue weighted by atomic mass is 9.88. The lowest BCUT2D eigenvalue weighted by Gasteiger charge is -2.29. The van der Waals surface area contributed by atoms with Crippen molar-refractivity contribution in [2.24, 2.45) is 0 Å². The van der Waals surface area contributed by atoms with E-state index in [9.17, 15) is 14.3 Å². The first-order valence-electron chi connectivity index (χ1n) is 15.1. The molecule has 2 aliphatic heterocycles. The molecule has 0 bridgehead atoms. The zero-order chi connectivity index (χ0) is 32.4. The van der Waals surface area contributed by atoms with Gasteiger partial charge < -0.3 is 29.7 Å². The van der Waals surface area contributed by atoms with Crippen LogP contribution in [0.25, 0.3) is 22.2 Å². The molecule has 0 radical (unpaired) electrons. The third-order valence-electron chi connectivity index (χ3n) is 8.94. The van der Waals surface area contributed by atoms with Crippen molar-refractivity contribution in [2.75, 3.05) is 27.2 Å². The number of aromatic nitrogens is 2. The third kappa shape index (κ3) is 6.03. The van der Waals surface area contributed by atoms with Crippen LogP contribution in [0.1, 0.15) is 57.7 Å². The fourth-order valence-electron chi connectivity index (χ4n) is 6.47. The Morgan fingerprint density at radius 1 is 1.00 bits per heavy atom. The van der Waals surface area contributed by atoms with Gasteiger partial charge in [-0.05, 0) is 97.5 Å². The number of carbonyl (C=O) groups is 2. The highest BCUT2D eigenvalue weighted by Crippen LogP contribution is 2.40. The summed E-state index contributed by atoms with van der Waals surface area (Å²) in [5.41, 5.74) is 6.49. The number of aromatic hydroxyl groups is 1. The second kappa shape index (κ2) is 13.0. The smallest absolute Gasteiger partial charge is 0.290 e. The molecule has 1 fully saturated rings. The van der Waals surface area contributed by atoms with Gasteiger partial charge in [-0.3, -0.25) is 9.59 Å². The van der Waals surface area contributed by atoms with Crippen LogP contribution in [-0.4, -0.2) is 69.6 Å². The number of amides is 1. The SMILES string of the molecule is COc1ccc2nc(C(c3cc(F)ccc3O)N3Cc4ccc(-c5ccc(C6CCN(C)CC6)cc5)cc4C3=O)[nH]c2c1.O=CO. The van der Waals surface area contributed by atoms with E-state index in [4.69, 9.17) is 19.6 Å². The van der Waals surface area contributed by atoms with E-state index in [1.807, 2.05) is 30.3 Å². The summed E-state index contributed by atoms with van der Waals surface area (Å²) in [6, 6.07) is 23.1. The number of fused-ring (bicyclic) bond motifs is 2. The Morgan fingerprint density at radius 2 is 1.72 bits per heavy atom. The van der Waals surface area contributed by atoms with E-state index in [0.717, 1.165) is 29.8 Å². The number of benzene rings is 4. The number of nitrogens with zero attached hydrogens (tertiary/aromatic N) is 3. The standard InChI is InChI=1S/C35H33FN4O3.CH2O2/c1-39-15-13-23(14-16-39)21-3-5-22(6-4-21)24-7-8-25-20-40(35(42)28(25)17-24)33(29-18-26(36)9-12-32(29)41)34-37-30-11-10-27(43-2)19-31(30)38-34;2-1-3/h3-12,17-19,23,33,41H,13-16,20H2,1-2H3,(H,37,38);1H,(H,2,3). The molecular formula is C36H35FN4O5. The quantitative estimate of drug-likeness (QED) is 0.189. The van der Waals surface area contributed by atoms with E-state index in [-0.39, 0.29) is 23.7 Å². The molecule has 9 nitrogen and oxygen atoms in total. The molecule has 2 aliphatic rings. The van der Waals surface area contributed by atoms with Gasteiger partial charge in [0.05, 0.1) is 18.1 Å². The van der Waals surface area contributed by atoms with Gasteiger partial charge in [0, 0.05) is 23.7 Å². The molecule has 0 spiro atoms. The van der Waals surface area contributed by atoms with Crippen LogP contribution >= 0.6 is 0 Å². The maximum atomic E-state index is 14.5. The number of phenolic OH excluding ortho intramolecular Hbond substituents is 1. The second-order valence-corrected chi connectivity index (χ2v) is 11.7. The molecule has 46 heavy (non-hydrogen) atoms. The Morgan fingerprint density at radius 3 is 2.43 bits per heavy atom. The molecule has 1 atom stereocenters. The molecule has 5 aromatic rings. The van der Waals surface area contributed by atoms with Gasteiger partial charge in [0.1, 0.15) is 29.2 Å².